The van der Waals surface area contributed by atoms with Crippen LogP contribution in [0.4, 0.5) is 0 Å². The maximum absolute atomic E-state index is 12.2. The first-order valence-electron chi connectivity index (χ1n) is 5.63. The topological polar surface area (TPSA) is 132 Å². The summed E-state index contributed by atoms with van der Waals surface area (Å²) in [5, 5.41) is 4.77. The number of rotatable bonds is 6. The molecule has 0 bridgehead atoms. The van der Waals surface area contributed by atoms with Crippen molar-refractivity contribution in [3.8, 4) is 0 Å². The highest BCUT2D eigenvalue weighted by Crippen LogP contribution is 2.23. The number of benzene rings is 1. The first-order valence-corrected chi connectivity index (χ1v) is 10.4. The van der Waals surface area contributed by atoms with Gasteiger partial charge in [-0.1, -0.05) is 12.1 Å². The van der Waals surface area contributed by atoms with Gasteiger partial charge in [-0.25, -0.2) is 34.7 Å². The smallest absolute Gasteiger partial charge is 0.229 e. The van der Waals surface area contributed by atoms with Gasteiger partial charge in [0.2, 0.25) is 20.0 Å². The zero-order valence-electron chi connectivity index (χ0n) is 11.4. The summed E-state index contributed by atoms with van der Waals surface area (Å²) in [5.74, 6) is -1.57. The van der Waals surface area contributed by atoms with Crippen molar-refractivity contribution >= 4 is 29.9 Å². The van der Waals surface area contributed by atoms with Gasteiger partial charge in [-0.2, -0.15) is 0 Å². The van der Waals surface area contributed by atoms with Crippen LogP contribution in [0.1, 0.15) is 0 Å². The Kier molecular flexibility index (Phi) is 5.16. The first kappa shape index (κ1) is 18.0. The molecule has 21 heavy (non-hydrogen) atoms. The highest BCUT2D eigenvalue weighted by atomic mass is 32.2. The Labute approximate surface area is 124 Å². The summed E-state index contributed by atoms with van der Waals surface area (Å²) in [5.41, 5.74) is 0. The van der Waals surface area contributed by atoms with Gasteiger partial charge in [0.25, 0.3) is 0 Å². The third kappa shape index (κ3) is 4.48. The van der Waals surface area contributed by atoms with Gasteiger partial charge >= 0.3 is 0 Å². The first-order chi connectivity index (χ1) is 9.38. The minimum Gasteiger partial charge on any atom is -0.229 e. The summed E-state index contributed by atoms with van der Waals surface area (Å²) >= 11 is 0. The Bertz CT molecular complexity index is 825. The van der Waals surface area contributed by atoms with Crippen molar-refractivity contribution in [3.05, 3.63) is 24.3 Å². The number of primary sulfonamides is 1. The van der Waals surface area contributed by atoms with E-state index < -0.39 is 51.2 Å². The standard InChI is InChI=1S/C10H16N2O6S3/c1-12(2)21(17,18)10-6-4-3-5-9(10)19(13,14)7-8-20(11,15)16/h3-6H,7-8H2,1-2H3,(H2,11,15,16). The third-order valence-electron chi connectivity index (χ3n) is 2.58. The quantitative estimate of drug-likeness (QED) is 0.695. The molecule has 0 aliphatic heterocycles. The van der Waals surface area contributed by atoms with E-state index in [1.807, 2.05) is 0 Å². The van der Waals surface area contributed by atoms with Crippen LogP contribution in [0, 0.1) is 0 Å². The maximum Gasteiger partial charge on any atom is 0.243 e. The SMILES string of the molecule is CN(C)S(=O)(=O)c1ccccc1S(=O)(=O)CCS(N)(=O)=O. The van der Waals surface area contributed by atoms with E-state index >= 15 is 0 Å². The summed E-state index contributed by atoms with van der Waals surface area (Å²) in [6.07, 6.45) is 0. The monoisotopic (exact) mass is 356 g/mol. The third-order valence-corrected chi connectivity index (χ3v) is 7.38. The van der Waals surface area contributed by atoms with Crippen molar-refractivity contribution in [2.45, 2.75) is 9.79 Å². The summed E-state index contributed by atoms with van der Waals surface area (Å²) in [6, 6.07) is 5.02. The van der Waals surface area contributed by atoms with Crippen LogP contribution in [0.25, 0.3) is 0 Å². The Hall–Kier alpha value is -1.01. The van der Waals surface area contributed by atoms with Crippen molar-refractivity contribution in [1.82, 2.24) is 4.31 Å². The van der Waals surface area contributed by atoms with E-state index in [9.17, 15) is 25.3 Å². The molecule has 0 aliphatic rings. The Balaban J connectivity index is 3.39. The van der Waals surface area contributed by atoms with Gasteiger partial charge in [-0.05, 0) is 12.1 Å². The maximum atomic E-state index is 12.2. The van der Waals surface area contributed by atoms with E-state index in [4.69, 9.17) is 5.14 Å². The molecule has 0 aromatic heterocycles. The fourth-order valence-electron chi connectivity index (χ4n) is 1.45. The molecular formula is C10H16N2O6S3. The second-order valence-electron chi connectivity index (χ2n) is 4.42. The van der Waals surface area contributed by atoms with Crippen molar-refractivity contribution in [2.75, 3.05) is 25.6 Å². The van der Waals surface area contributed by atoms with Gasteiger partial charge in [0.1, 0.15) is 4.90 Å². The predicted octanol–water partition coefficient (Wildman–Crippen LogP) is -1.00. The van der Waals surface area contributed by atoms with Gasteiger partial charge in [0, 0.05) is 14.1 Å². The van der Waals surface area contributed by atoms with Crippen molar-refractivity contribution in [1.29, 1.82) is 0 Å². The van der Waals surface area contributed by atoms with E-state index in [0.717, 1.165) is 16.4 Å². The molecule has 8 nitrogen and oxygen atoms in total. The van der Waals surface area contributed by atoms with Crippen LogP contribution in [0.5, 0.6) is 0 Å². The molecule has 1 rings (SSSR count). The number of hydrogen-bond acceptors (Lipinski definition) is 6. The minimum absolute atomic E-state index is 0.399. The molecule has 1 aromatic carbocycles. The molecular weight excluding hydrogens is 340 g/mol. The van der Waals surface area contributed by atoms with Gasteiger partial charge in [-0.15, -0.1) is 0 Å². The number of sulfonamides is 2. The van der Waals surface area contributed by atoms with Crippen LogP contribution >= 0.6 is 0 Å². The number of nitrogens with zero attached hydrogens (tertiary/aromatic N) is 1. The van der Waals surface area contributed by atoms with Crippen LogP contribution in [-0.2, 0) is 29.9 Å². The molecule has 0 atom stereocenters. The van der Waals surface area contributed by atoms with Crippen LogP contribution in [-0.4, -0.2) is 55.2 Å². The van der Waals surface area contributed by atoms with Crippen LogP contribution < -0.4 is 5.14 Å². The van der Waals surface area contributed by atoms with E-state index in [-0.39, 0.29) is 0 Å². The summed E-state index contributed by atoms with van der Waals surface area (Å²) in [6.45, 7) is 0. The second-order valence-corrected chi connectivity index (χ2v) is 10.4. The summed E-state index contributed by atoms with van der Waals surface area (Å²) in [4.78, 5) is -0.841. The number of hydrogen-bond donors (Lipinski definition) is 1. The van der Waals surface area contributed by atoms with Gasteiger partial charge in [-0.3, -0.25) is 0 Å². The molecule has 0 fully saturated rings. The van der Waals surface area contributed by atoms with Gasteiger partial charge in [0.05, 0.1) is 16.4 Å². The Morgan fingerprint density at radius 2 is 1.38 bits per heavy atom. The van der Waals surface area contributed by atoms with E-state index in [1.165, 1.54) is 26.2 Å². The van der Waals surface area contributed by atoms with Crippen LogP contribution in [0.2, 0.25) is 0 Å². The Morgan fingerprint density at radius 1 is 0.905 bits per heavy atom. The average Bonchev–Trinajstić information content (AvgIpc) is 2.35. The molecule has 0 amide bonds. The fourth-order valence-corrected chi connectivity index (χ4v) is 5.80. The number of nitrogens with two attached hydrogens (primary N) is 1. The average molecular weight is 356 g/mol. The fraction of sp³-hybridized carbons (Fsp3) is 0.400. The number of sulfone groups is 1. The lowest BCUT2D eigenvalue weighted by molar-refractivity contribution is 0.517. The molecule has 0 saturated carbocycles. The van der Waals surface area contributed by atoms with Crippen LogP contribution in [0.15, 0.2) is 34.1 Å². The Morgan fingerprint density at radius 3 is 1.81 bits per heavy atom. The zero-order valence-corrected chi connectivity index (χ0v) is 13.9. The van der Waals surface area contributed by atoms with Crippen molar-refractivity contribution < 1.29 is 25.3 Å². The molecule has 0 heterocycles. The van der Waals surface area contributed by atoms with Crippen LogP contribution in [0.3, 0.4) is 0 Å². The molecule has 0 spiro atoms. The van der Waals surface area contributed by atoms with E-state index in [2.05, 4.69) is 0 Å². The predicted molar refractivity (Wildman–Crippen MR) is 77.3 cm³/mol. The lowest BCUT2D eigenvalue weighted by atomic mass is 10.4. The second kappa shape index (κ2) is 6.01. The van der Waals surface area contributed by atoms with Crippen molar-refractivity contribution in [2.24, 2.45) is 5.14 Å². The zero-order chi connectivity index (χ0) is 16.5. The molecule has 11 heteroatoms. The highest BCUT2D eigenvalue weighted by molar-refractivity contribution is 7.95. The molecule has 0 aliphatic carbocycles. The lowest BCUT2D eigenvalue weighted by Crippen LogP contribution is -2.27. The van der Waals surface area contributed by atoms with E-state index in [1.54, 1.807) is 0 Å². The molecule has 1 aromatic rings. The largest absolute Gasteiger partial charge is 0.243 e. The minimum atomic E-state index is -4.11. The molecule has 0 unspecified atom stereocenters. The molecule has 0 radical (unpaired) electrons. The molecule has 120 valence electrons. The molecule has 0 saturated heterocycles. The molecule has 2 N–H and O–H groups in total. The van der Waals surface area contributed by atoms with E-state index in [0.29, 0.717) is 0 Å². The lowest BCUT2D eigenvalue weighted by Gasteiger charge is -2.15. The summed E-state index contributed by atoms with van der Waals surface area (Å²) < 4.78 is 71.2. The van der Waals surface area contributed by atoms with Crippen molar-refractivity contribution in [3.63, 3.8) is 0 Å². The van der Waals surface area contributed by atoms with Gasteiger partial charge in [0.15, 0.2) is 9.84 Å². The summed E-state index contributed by atoms with van der Waals surface area (Å²) in [7, 11) is -9.51. The normalized spacial score (nSPS) is 13.5. The highest BCUT2D eigenvalue weighted by Gasteiger charge is 2.28. The van der Waals surface area contributed by atoms with Gasteiger partial charge < -0.3 is 0 Å².